The number of carbonyl (C=O) groups is 2. The summed E-state index contributed by atoms with van der Waals surface area (Å²) in [6, 6.07) is 12.8. The number of Topliss-reactive ketones (excluding diaryl/α,β-unsaturated/α-hetero) is 1. The fourth-order valence-corrected chi connectivity index (χ4v) is 4.00. The molecule has 0 aliphatic heterocycles. The number of nitrogens with zero attached hydrogens (tertiary/aromatic N) is 3. The van der Waals surface area contributed by atoms with E-state index in [4.69, 9.17) is 4.74 Å². The van der Waals surface area contributed by atoms with E-state index < -0.39 is 0 Å². The molecule has 1 amide bonds. The number of ether oxygens (including phenoxy) is 1. The van der Waals surface area contributed by atoms with E-state index in [2.05, 4.69) is 22.1 Å². The average molecular weight is 465 g/mol. The van der Waals surface area contributed by atoms with Gasteiger partial charge in [-0.25, -0.2) is 0 Å². The minimum Gasteiger partial charge on any atom is -0.482 e. The SMILES string of the molecule is C=CCn1c(SCC(=O)Nc2cccc(C(C)=O)c2)nnc1C(C)Oc1cccc(C)c1C. The molecule has 1 unspecified atom stereocenters. The standard InChI is InChI=1S/C25H28N4O3S/c1-6-13-29-24(19(5)32-22-12-7-9-16(2)17(22)3)27-28-25(29)33-15-23(31)26-21-11-8-10-20(14-21)18(4)30/h6-12,14,19H,1,13,15H2,2-5H3,(H,26,31). The van der Waals surface area contributed by atoms with E-state index in [1.54, 1.807) is 30.3 Å². The minimum atomic E-state index is -0.338. The lowest BCUT2D eigenvalue weighted by Gasteiger charge is -2.18. The Balaban J connectivity index is 1.69. The molecular weight excluding hydrogens is 436 g/mol. The van der Waals surface area contributed by atoms with Crippen LogP contribution in [0.15, 0.2) is 60.3 Å². The van der Waals surface area contributed by atoms with Crippen molar-refractivity contribution in [2.24, 2.45) is 0 Å². The van der Waals surface area contributed by atoms with Crippen LogP contribution in [0.2, 0.25) is 0 Å². The maximum atomic E-state index is 12.5. The smallest absolute Gasteiger partial charge is 0.234 e. The van der Waals surface area contributed by atoms with Gasteiger partial charge in [-0.15, -0.1) is 16.8 Å². The maximum Gasteiger partial charge on any atom is 0.234 e. The van der Waals surface area contributed by atoms with E-state index in [1.807, 2.05) is 43.5 Å². The highest BCUT2D eigenvalue weighted by Gasteiger charge is 2.20. The lowest BCUT2D eigenvalue weighted by molar-refractivity contribution is -0.113. The molecule has 1 aromatic heterocycles. The molecule has 3 aromatic rings. The zero-order chi connectivity index (χ0) is 24.0. The molecule has 0 saturated heterocycles. The number of nitrogens with one attached hydrogen (secondary N) is 1. The van der Waals surface area contributed by atoms with Crippen molar-refractivity contribution in [3.05, 3.63) is 77.6 Å². The van der Waals surface area contributed by atoms with Crippen LogP contribution in [0.3, 0.4) is 0 Å². The third-order valence-corrected chi connectivity index (χ3v) is 6.13. The molecule has 8 heteroatoms. The molecule has 172 valence electrons. The minimum absolute atomic E-state index is 0.0530. The summed E-state index contributed by atoms with van der Waals surface area (Å²) >= 11 is 1.28. The molecule has 1 heterocycles. The third kappa shape index (κ3) is 6.10. The molecule has 0 bridgehead atoms. The van der Waals surface area contributed by atoms with Crippen LogP contribution in [0.4, 0.5) is 5.69 Å². The molecule has 33 heavy (non-hydrogen) atoms. The van der Waals surface area contributed by atoms with Crippen LogP contribution in [0.25, 0.3) is 0 Å². The summed E-state index contributed by atoms with van der Waals surface area (Å²) in [5, 5.41) is 12.0. The Morgan fingerprint density at radius 3 is 2.70 bits per heavy atom. The van der Waals surface area contributed by atoms with Gasteiger partial charge in [0, 0.05) is 17.8 Å². The number of aromatic nitrogens is 3. The van der Waals surface area contributed by atoms with Crippen LogP contribution in [0.1, 0.15) is 47.3 Å². The Hall–Kier alpha value is -3.39. The predicted molar refractivity (Wildman–Crippen MR) is 131 cm³/mol. The molecule has 2 aromatic carbocycles. The third-order valence-electron chi connectivity index (χ3n) is 5.16. The van der Waals surface area contributed by atoms with Crippen molar-refractivity contribution in [3.8, 4) is 5.75 Å². The van der Waals surface area contributed by atoms with Gasteiger partial charge in [-0.1, -0.05) is 42.1 Å². The van der Waals surface area contributed by atoms with Crippen molar-refractivity contribution in [1.82, 2.24) is 14.8 Å². The number of aryl methyl sites for hydroxylation is 1. The topological polar surface area (TPSA) is 86.1 Å². The first-order valence-electron chi connectivity index (χ1n) is 10.6. The summed E-state index contributed by atoms with van der Waals surface area (Å²) in [5.41, 5.74) is 3.37. The number of hydrogen-bond donors (Lipinski definition) is 1. The van der Waals surface area contributed by atoms with Crippen molar-refractivity contribution in [2.75, 3.05) is 11.1 Å². The monoisotopic (exact) mass is 464 g/mol. The maximum absolute atomic E-state index is 12.5. The lowest BCUT2D eigenvalue weighted by Crippen LogP contribution is -2.16. The molecule has 1 atom stereocenters. The second-order valence-corrected chi connectivity index (χ2v) is 8.61. The van der Waals surface area contributed by atoms with Gasteiger partial charge in [-0.3, -0.25) is 14.2 Å². The quantitative estimate of drug-likeness (QED) is 0.254. The van der Waals surface area contributed by atoms with Gasteiger partial charge in [0.1, 0.15) is 5.75 Å². The second kappa shape index (κ2) is 11.0. The molecule has 0 fully saturated rings. The van der Waals surface area contributed by atoms with E-state index >= 15 is 0 Å². The summed E-state index contributed by atoms with van der Waals surface area (Å²) in [7, 11) is 0. The van der Waals surface area contributed by atoms with Crippen molar-refractivity contribution in [1.29, 1.82) is 0 Å². The second-order valence-electron chi connectivity index (χ2n) is 7.67. The Kier molecular flexibility index (Phi) is 8.06. The zero-order valence-corrected chi connectivity index (χ0v) is 20.1. The number of allylic oxidation sites excluding steroid dienone is 1. The van der Waals surface area contributed by atoms with Crippen LogP contribution in [-0.2, 0) is 11.3 Å². The number of anilines is 1. The lowest BCUT2D eigenvalue weighted by atomic mass is 10.1. The highest BCUT2D eigenvalue weighted by atomic mass is 32.2. The van der Waals surface area contributed by atoms with Crippen molar-refractivity contribution >= 4 is 29.1 Å². The molecule has 0 aliphatic rings. The van der Waals surface area contributed by atoms with E-state index in [0.717, 1.165) is 16.9 Å². The number of amides is 1. The van der Waals surface area contributed by atoms with Crippen molar-refractivity contribution in [3.63, 3.8) is 0 Å². The zero-order valence-electron chi connectivity index (χ0n) is 19.3. The van der Waals surface area contributed by atoms with Gasteiger partial charge in [0.05, 0.1) is 5.75 Å². The Bertz CT molecular complexity index is 1170. The van der Waals surface area contributed by atoms with Gasteiger partial charge in [0.15, 0.2) is 22.9 Å². The Morgan fingerprint density at radius 2 is 1.97 bits per heavy atom. The first kappa shape index (κ1) is 24.3. The van der Waals surface area contributed by atoms with Crippen molar-refractivity contribution < 1.29 is 14.3 Å². The molecule has 3 rings (SSSR count). The van der Waals surface area contributed by atoms with Crippen LogP contribution in [-0.4, -0.2) is 32.2 Å². The summed E-state index contributed by atoms with van der Waals surface area (Å²) in [6.45, 7) is 11.8. The first-order chi connectivity index (χ1) is 15.8. The van der Waals surface area contributed by atoms with Gasteiger partial charge >= 0.3 is 0 Å². The van der Waals surface area contributed by atoms with Gasteiger partial charge in [0.2, 0.25) is 5.91 Å². The van der Waals surface area contributed by atoms with Gasteiger partial charge < -0.3 is 10.1 Å². The fraction of sp³-hybridized carbons (Fsp3) is 0.280. The number of carbonyl (C=O) groups excluding carboxylic acids is 2. The predicted octanol–water partition coefficient (Wildman–Crippen LogP) is 5.15. The van der Waals surface area contributed by atoms with E-state index in [1.165, 1.54) is 18.7 Å². The molecule has 0 saturated carbocycles. The van der Waals surface area contributed by atoms with E-state index in [0.29, 0.717) is 28.8 Å². The highest BCUT2D eigenvalue weighted by Crippen LogP contribution is 2.28. The average Bonchev–Trinajstić information content (AvgIpc) is 3.18. The molecule has 0 spiro atoms. The molecule has 0 radical (unpaired) electrons. The molecule has 0 aliphatic carbocycles. The summed E-state index contributed by atoms with van der Waals surface area (Å²) in [6.07, 6.45) is 1.42. The van der Waals surface area contributed by atoms with Gasteiger partial charge in [0.25, 0.3) is 0 Å². The van der Waals surface area contributed by atoms with Gasteiger partial charge in [-0.2, -0.15) is 0 Å². The van der Waals surface area contributed by atoms with Crippen LogP contribution >= 0.6 is 11.8 Å². The number of benzene rings is 2. The van der Waals surface area contributed by atoms with Crippen LogP contribution in [0.5, 0.6) is 5.75 Å². The summed E-state index contributed by atoms with van der Waals surface area (Å²) in [4.78, 5) is 24.0. The Morgan fingerprint density at radius 1 is 1.21 bits per heavy atom. The van der Waals surface area contributed by atoms with Crippen molar-refractivity contribution in [2.45, 2.75) is 45.5 Å². The summed E-state index contributed by atoms with van der Waals surface area (Å²) < 4.78 is 8.07. The number of rotatable bonds is 10. The fourth-order valence-electron chi connectivity index (χ4n) is 3.25. The van der Waals surface area contributed by atoms with E-state index in [-0.39, 0.29) is 23.5 Å². The molecular formula is C25H28N4O3S. The number of hydrogen-bond acceptors (Lipinski definition) is 6. The molecule has 1 N–H and O–H groups in total. The first-order valence-corrected chi connectivity index (χ1v) is 11.6. The summed E-state index contributed by atoms with van der Waals surface area (Å²) in [5.74, 6) is 1.36. The largest absolute Gasteiger partial charge is 0.482 e. The Labute approximate surface area is 198 Å². The normalized spacial score (nSPS) is 11.6. The number of thioether (sulfide) groups is 1. The van der Waals surface area contributed by atoms with Gasteiger partial charge in [-0.05, 0) is 57.0 Å². The van der Waals surface area contributed by atoms with Crippen LogP contribution < -0.4 is 10.1 Å². The van der Waals surface area contributed by atoms with E-state index in [9.17, 15) is 9.59 Å². The van der Waals surface area contributed by atoms with Crippen LogP contribution in [0, 0.1) is 13.8 Å². The highest BCUT2D eigenvalue weighted by molar-refractivity contribution is 7.99. The number of ketones is 1. The molecule has 7 nitrogen and oxygen atoms in total.